The highest BCUT2D eigenvalue weighted by Gasteiger charge is 2.22. The van der Waals surface area contributed by atoms with Crippen molar-refractivity contribution in [3.05, 3.63) is 23.7 Å². The molecule has 0 spiro atoms. The molecule has 3 nitrogen and oxygen atoms in total. The van der Waals surface area contributed by atoms with Gasteiger partial charge in [0.15, 0.2) is 5.76 Å². The normalized spacial score (nSPS) is 25.4. The Kier molecular flexibility index (Phi) is 3.54. The third-order valence-electron chi connectivity index (χ3n) is 2.96. The van der Waals surface area contributed by atoms with E-state index in [2.05, 4.69) is 5.32 Å². The Morgan fingerprint density at radius 2 is 2.06 bits per heavy atom. The van der Waals surface area contributed by atoms with Crippen LogP contribution in [0.3, 0.4) is 0 Å². The maximum Gasteiger partial charge on any atom is 0.287 e. The van der Waals surface area contributed by atoms with Crippen LogP contribution < -0.4 is 5.32 Å². The SMILES string of the molecule is Cc1ccc(C(=O)NC2CCC(Cl)CC2)o1. The van der Waals surface area contributed by atoms with Crippen LogP contribution in [0.4, 0.5) is 0 Å². The lowest BCUT2D eigenvalue weighted by Crippen LogP contribution is -2.37. The molecule has 16 heavy (non-hydrogen) atoms. The molecule has 2 rings (SSSR count). The molecule has 1 aromatic rings. The van der Waals surface area contributed by atoms with Gasteiger partial charge in [0.05, 0.1) is 0 Å². The van der Waals surface area contributed by atoms with E-state index in [4.69, 9.17) is 16.0 Å². The van der Waals surface area contributed by atoms with Gasteiger partial charge < -0.3 is 9.73 Å². The Balaban J connectivity index is 1.88. The average molecular weight is 242 g/mol. The molecule has 0 bridgehead atoms. The van der Waals surface area contributed by atoms with E-state index in [9.17, 15) is 4.79 Å². The van der Waals surface area contributed by atoms with Gasteiger partial charge in [-0.2, -0.15) is 0 Å². The van der Waals surface area contributed by atoms with Crippen molar-refractivity contribution in [1.29, 1.82) is 0 Å². The second-order valence-corrected chi connectivity index (χ2v) is 4.95. The summed E-state index contributed by atoms with van der Waals surface area (Å²) in [7, 11) is 0. The Labute approximate surface area is 100 Å². The number of carbonyl (C=O) groups is 1. The van der Waals surface area contributed by atoms with Gasteiger partial charge >= 0.3 is 0 Å². The van der Waals surface area contributed by atoms with E-state index < -0.39 is 0 Å². The van der Waals surface area contributed by atoms with Gasteiger partial charge in [-0.3, -0.25) is 4.79 Å². The van der Waals surface area contributed by atoms with Crippen molar-refractivity contribution >= 4 is 17.5 Å². The quantitative estimate of drug-likeness (QED) is 0.809. The van der Waals surface area contributed by atoms with Crippen LogP contribution in [0, 0.1) is 6.92 Å². The number of carbonyl (C=O) groups excluding carboxylic acids is 1. The van der Waals surface area contributed by atoms with Crippen LogP contribution in [0.5, 0.6) is 0 Å². The van der Waals surface area contributed by atoms with Crippen LogP contribution in [-0.2, 0) is 0 Å². The van der Waals surface area contributed by atoms with E-state index in [0.29, 0.717) is 5.76 Å². The van der Waals surface area contributed by atoms with Gasteiger partial charge in [-0.25, -0.2) is 0 Å². The topological polar surface area (TPSA) is 42.2 Å². The highest BCUT2D eigenvalue weighted by Crippen LogP contribution is 2.23. The van der Waals surface area contributed by atoms with Crippen molar-refractivity contribution in [2.45, 2.75) is 44.0 Å². The molecule has 1 N–H and O–H groups in total. The van der Waals surface area contributed by atoms with Gasteiger partial charge in [0, 0.05) is 11.4 Å². The zero-order valence-corrected chi connectivity index (χ0v) is 10.1. The van der Waals surface area contributed by atoms with Gasteiger partial charge in [-0.1, -0.05) is 0 Å². The fourth-order valence-electron chi connectivity index (χ4n) is 2.01. The summed E-state index contributed by atoms with van der Waals surface area (Å²) in [6.07, 6.45) is 3.87. The highest BCUT2D eigenvalue weighted by molar-refractivity contribution is 6.20. The summed E-state index contributed by atoms with van der Waals surface area (Å²) in [5.41, 5.74) is 0. The van der Waals surface area contributed by atoms with Crippen molar-refractivity contribution in [3.63, 3.8) is 0 Å². The van der Waals surface area contributed by atoms with Gasteiger partial charge in [-0.05, 0) is 44.7 Å². The molecule has 1 aliphatic rings. The minimum absolute atomic E-state index is 0.119. The summed E-state index contributed by atoms with van der Waals surface area (Å²) in [6, 6.07) is 3.75. The molecular formula is C12H16ClNO2. The number of furan rings is 1. The second kappa shape index (κ2) is 4.91. The number of alkyl halides is 1. The lowest BCUT2D eigenvalue weighted by Gasteiger charge is -2.25. The molecular weight excluding hydrogens is 226 g/mol. The maximum atomic E-state index is 11.8. The van der Waals surface area contributed by atoms with Crippen LogP contribution >= 0.6 is 11.6 Å². The fraction of sp³-hybridized carbons (Fsp3) is 0.583. The first-order valence-electron chi connectivity index (χ1n) is 5.66. The van der Waals surface area contributed by atoms with Crippen molar-refractivity contribution in [1.82, 2.24) is 5.32 Å². The van der Waals surface area contributed by atoms with E-state index >= 15 is 0 Å². The van der Waals surface area contributed by atoms with E-state index in [-0.39, 0.29) is 17.3 Å². The summed E-state index contributed by atoms with van der Waals surface area (Å²) in [4.78, 5) is 11.8. The molecule has 0 saturated heterocycles. The molecule has 1 saturated carbocycles. The summed E-state index contributed by atoms with van der Waals surface area (Å²) in [6.45, 7) is 1.83. The third-order valence-corrected chi connectivity index (χ3v) is 3.39. The Morgan fingerprint density at radius 3 is 2.62 bits per heavy atom. The standard InChI is InChI=1S/C12H16ClNO2/c1-8-2-7-11(16-8)12(15)14-10-5-3-9(13)4-6-10/h2,7,9-10H,3-6H2,1H3,(H,14,15). The molecule has 0 aromatic carbocycles. The third kappa shape index (κ3) is 2.79. The Morgan fingerprint density at radius 1 is 1.38 bits per heavy atom. The number of aryl methyl sites for hydroxylation is 1. The molecule has 0 unspecified atom stereocenters. The zero-order chi connectivity index (χ0) is 11.5. The number of nitrogens with one attached hydrogen (secondary N) is 1. The van der Waals surface area contributed by atoms with Crippen molar-refractivity contribution in [2.24, 2.45) is 0 Å². The largest absolute Gasteiger partial charge is 0.456 e. The number of hydrogen-bond donors (Lipinski definition) is 1. The molecule has 0 radical (unpaired) electrons. The summed E-state index contributed by atoms with van der Waals surface area (Å²) in [5, 5.41) is 3.25. The molecule has 1 heterocycles. The van der Waals surface area contributed by atoms with Crippen LogP contribution in [0.15, 0.2) is 16.5 Å². The van der Waals surface area contributed by atoms with Crippen LogP contribution in [0.2, 0.25) is 0 Å². The molecule has 1 aliphatic carbocycles. The zero-order valence-electron chi connectivity index (χ0n) is 9.33. The first kappa shape index (κ1) is 11.5. The maximum absolute atomic E-state index is 11.8. The summed E-state index contributed by atoms with van der Waals surface area (Å²) >= 11 is 6.01. The number of rotatable bonds is 2. The fourth-order valence-corrected chi connectivity index (χ4v) is 2.26. The van der Waals surface area contributed by atoms with E-state index in [1.807, 2.05) is 6.92 Å². The lowest BCUT2D eigenvalue weighted by molar-refractivity contribution is 0.0898. The van der Waals surface area contributed by atoms with E-state index in [1.54, 1.807) is 12.1 Å². The van der Waals surface area contributed by atoms with Crippen molar-refractivity contribution < 1.29 is 9.21 Å². The molecule has 0 aliphatic heterocycles. The van der Waals surface area contributed by atoms with Crippen LogP contribution in [0.1, 0.15) is 42.0 Å². The lowest BCUT2D eigenvalue weighted by atomic mass is 9.95. The molecule has 0 atom stereocenters. The van der Waals surface area contributed by atoms with E-state index in [0.717, 1.165) is 31.4 Å². The highest BCUT2D eigenvalue weighted by atomic mass is 35.5. The molecule has 1 aromatic heterocycles. The van der Waals surface area contributed by atoms with E-state index in [1.165, 1.54) is 0 Å². The summed E-state index contributed by atoms with van der Waals surface area (Å²) < 4.78 is 5.27. The van der Waals surface area contributed by atoms with Gasteiger partial charge in [0.25, 0.3) is 5.91 Å². The number of halogens is 1. The van der Waals surface area contributed by atoms with Crippen molar-refractivity contribution in [3.8, 4) is 0 Å². The monoisotopic (exact) mass is 241 g/mol. The van der Waals surface area contributed by atoms with Gasteiger partial charge in [0.1, 0.15) is 5.76 Å². The van der Waals surface area contributed by atoms with Gasteiger partial charge in [-0.15, -0.1) is 11.6 Å². The van der Waals surface area contributed by atoms with Gasteiger partial charge in [0.2, 0.25) is 0 Å². The molecule has 1 amide bonds. The summed E-state index contributed by atoms with van der Waals surface area (Å²) in [5.74, 6) is 1.03. The molecule has 1 fully saturated rings. The number of hydrogen-bond acceptors (Lipinski definition) is 2. The smallest absolute Gasteiger partial charge is 0.287 e. The Hall–Kier alpha value is -0.960. The first-order valence-corrected chi connectivity index (χ1v) is 6.10. The first-order chi connectivity index (χ1) is 7.65. The minimum Gasteiger partial charge on any atom is -0.456 e. The average Bonchev–Trinajstić information content (AvgIpc) is 2.68. The predicted octanol–water partition coefficient (Wildman–Crippen LogP) is 2.87. The minimum atomic E-state index is -0.119. The van der Waals surface area contributed by atoms with Crippen molar-refractivity contribution in [2.75, 3.05) is 0 Å². The molecule has 88 valence electrons. The number of amides is 1. The molecule has 4 heteroatoms. The predicted molar refractivity (Wildman–Crippen MR) is 62.8 cm³/mol. The Bertz CT molecular complexity index is 367. The second-order valence-electron chi connectivity index (χ2n) is 4.33. The van der Waals surface area contributed by atoms with Crippen LogP contribution in [0.25, 0.3) is 0 Å². The van der Waals surface area contributed by atoms with Crippen LogP contribution in [-0.4, -0.2) is 17.3 Å².